The van der Waals surface area contributed by atoms with Crippen molar-refractivity contribution in [2.75, 3.05) is 20.3 Å². The summed E-state index contributed by atoms with van der Waals surface area (Å²) in [4.78, 5) is 2.57. The second-order valence-electron chi connectivity index (χ2n) is 9.90. The first-order chi connectivity index (χ1) is 13.0. The van der Waals surface area contributed by atoms with E-state index in [0.29, 0.717) is 12.8 Å². The highest BCUT2D eigenvalue weighted by molar-refractivity contribution is 5.56. The molecule has 3 N–H and O–H groups in total. The highest BCUT2D eigenvalue weighted by Gasteiger charge is 2.85. The third-order valence-electron chi connectivity index (χ3n) is 8.60. The number of hydrogen-bond donors (Lipinski definition) is 3. The van der Waals surface area contributed by atoms with Crippen molar-refractivity contribution < 1.29 is 20.1 Å². The zero-order valence-corrected chi connectivity index (χ0v) is 15.9. The molecule has 5 aliphatic rings. The Morgan fingerprint density at radius 2 is 2.07 bits per heavy atom. The minimum absolute atomic E-state index is 0.0446. The van der Waals surface area contributed by atoms with Gasteiger partial charge >= 0.3 is 0 Å². The highest BCUT2D eigenvalue weighted by Crippen LogP contribution is 2.74. The smallest absolute Gasteiger partial charge is 0.119 e. The lowest BCUT2D eigenvalue weighted by Gasteiger charge is -2.54. The minimum atomic E-state index is -0.883. The van der Waals surface area contributed by atoms with E-state index in [-0.39, 0.29) is 24.1 Å². The van der Waals surface area contributed by atoms with Crippen LogP contribution in [0.1, 0.15) is 43.2 Å². The molecule has 3 saturated carbocycles. The number of hydrogen-bond acceptors (Lipinski definition) is 5. The van der Waals surface area contributed by atoms with E-state index in [1.165, 1.54) is 24.0 Å². The molecule has 4 aliphatic carbocycles. The van der Waals surface area contributed by atoms with Crippen molar-refractivity contribution in [2.45, 2.75) is 67.2 Å². The van der Waals surface area contributed by atoms with Gasteiger partial charge in [-0.2, -0.15) is 0 Å². The predicted molar refractivity (Wildman–Crippen MR) is 99.7 cm³/mol. The summed E-state index contributed by atoms with van der Waals surface area (Å²) >= 11 is 0. The van der Waals surface area contributed by atoms with E-state index in [0.717, 1.165) is 31.1 Å². The first-order valence-corrected chi connectivity index (χ1v) is 10.4. The molecule has 0 amide bonds. The molecule has 1 heterocycles. The highest BCUT2D eigenvalue weighted by atomic mass is 16.5. The molecule has 2 bridgehead atoms. The van der Waals surface area contributed by atoms with Gasteiger partial charge in [0.1, 0.15) is 5.75 Å². The normalized spacial score (nSPS) is 49.2. The molecule has 1 saturated heterocycles. The molecular formula is C22H29NO4. The molecule has 4 fully saturated rings. The van der Waals surface area contributed by atoms with Gasteiger partial charge in [0.2, 0.25) is 0 Å². The van der Waals surface area contributed by atoms with Gasteiger partial charge in [0.05, 0.1) is 24.9 Å². The summed E-state index contributed by atoms with van der Waals surface area (Å²) in [6.07, 6.45) is 4.97. The molecule has 6 rings (SSSR count). The van der Waals surface area contributed by atoms with Crippen molar-refractivity contribution in [1.82, 2.24) is 4.90 Å². The maximum atomic E-state index is 12.2. The Hall–Kier alpha value is -1.14. The standard InChI is InChI=1S/C22H29NO4/c1-27-16-5-4-14-7-21-12-20(17(14)6-16)9-18(25)15(11-24)8-22(20,26)19(21)23(21)10-13-2-3-13/h4-6,13,15,18-19,24-26H,2-3,7-12H2,1H3/t15-,18-,19-,20+,21-,22-,23?/m1/s1. The Morgan fingerprint density at radius 3 is 2.78 bits per heavy atom. The molecule has 5 heteroatoms. The number of methoxy groups -OCH3 is 1. The summed E-state index contributed by atoms with van der Waals surface area (Å²) in [5.41, 5.74) is 1.21. The second kappa shape index (κ2) is 5.07. The molecule has 27 heavy (non-hydrogen) atoms. The Bertz CT molecular complexity index is 810. The van der Waals surface area contributed by atoms with Crippen LogP contribution in [0.4, 0.5) is 0 Å². The molecule has 0 radical (unpaired) electrons. The van der Waals surface area contributed by atoms with E-state index < -0.39 is 17.1 Å². The Kier molecular flexibility index (Phi) is 3.15. The molecule has 2 spiro atoms. The maximum Gasteiger partial charge on any atom is 0.119 e. The Balaban J connectivity index is 1.50. The Labute approximate surface area is 159 Å². The molecular weight excluding hydrogens is 342 g/mol. The average Bonchev–Trinajstić information content (AvgIpc) is 3.56. The van der Waals surface area contributed by atoms with Crippen LogP contribution >= 0.6 is 0 Å². The number of aliphatic hydroxyl groups is 3. The largest absolute Gasteiger partial charge is 0.497 e. The first kappa shape index (κ1) is 16.8. The van der Waals surface area contributed by atoms with Crippen molar-refractivity contribution in [3.05, 3.63) is 29.3 Å². The van der Waals surface area contributed by atoms with Gasteiger partial charge in [-0.25, -0.2) is 0 Å². The van der Waals surface area contributed by atoms with Gasteiger partial charge in [0.15, 0.2) is 0 Å². The Morgan fingerprint density at radius 1 is 1.26 bits per heavy atom. The number of ether oxygens (including phenoxy) is 1. The van der Waals surface area contributed by atoms with E-state index in [2.05, 4.69) is 17.0 Å². The lowest BCUT2D eigenvalue weighted by molar-refractivity contribution is -0.134. The average molecular weight is 371 g/mol. The SMILES string of the molecule is COc1ccc2c(c1)[C@@]13C[C@@H](O)[C@@H](CO)C[C@@]1(O)[C@@H]1N(CC4CC4)[C@]1(C2)C3. The van der Waals surface area contributed by atoms with Crippen molar-refractivity contribution in [1.29, 1.82) is 0 Å². The summed E-state index contributed by atoms with van der Waals surface area (Å²) in [6.45, 7) is 1.04. The van der Waals surface area contributed by atoms with Crippen LogP contribution in [-0.2, 0) is 11.8 Å². The van der Waals surface area contributed by atoms with Gasteiger partial charge in [0, 0.05) is 30.0 Å². The molecule has 1 aliphatic heterocycles. The van der Waals surface area contributed by atoms with Crippen LogP contribution in [0, 0.1) is 11.8 Å². The van der Waals surface area contributed by atoms with Crippen LogP contribution in [0.3, 0.4) is 0 Å². The number of fused-ring (bicyclic) bond motifs is 2. The van der Waals surface area contributed by atoms with Gasteiger partial charge in [0.25, 0.3) is 0 Å². The van der Waals surface area contributed by atoms with Crippen molar-refractivity contribution >= 4 is 0 Å². The number of rotatable bonds is 4. The summed E-state index contributed by atoms with van der Waals surface area (Å²) in [6, 6.07) is 6.44. The quantitative estimate of drug-likeness (QED) is 0.694. The number of benzene rings is 1. The van der Waals surface area contributed by atoms with E-state index in [1.54, 1.807) is 7.11 Å². The number of aliphatic hydroxyl groups excluding tert-OH is 2. The van der Waals surface area contributed by atoms with Gasteiger partial charge in [-0.15, -0.1) is 0 Å². The van der Waals surface area contributed by atoms with Gasteiger partial charge in [-0.05, 0) is 67.7 Å². The molecule has 7 atom stereocenters. The van der Waals surface area contributed by atoms with Gasteiger partial charge in [-0.1, -0.05) is 6.07 Å². The van der Waals surface area contributed by atoms with Crippen LogP contribution < -0.4 is 4.74 Å². The molecule has 146 valence electrons. The van der Waals surface area contributed by atoms with Gasteiger partial charge in [-0.3, -0.25) is 4.90 Å². The lowest BCUT2D eigenvalue weighted by Crippen LogP contribution is -2.62. The van der Waals surface area contributed by atoms with E-state index in [1.807, 2.05) is 6.07 Å². The summed E-state index contributed by atoms with van der Waals surface area (Å²) < 4.78 is 5.49. The summed E-state index contributed by atoms with van der Waals surface area (Å²) in [5, 5.41) is 32.8. The summed E-state index contributed by atoms with van der Waals surface area (Å²) in [7, 11) is 1.68. The zero-order valence-electron chi connectivity index (χ0n) is 15.9. The molecule has 1 aromatic carbocycles. The topological polar surface area (TPSA) is 72.9 Å². The van der Waals surface area contributed by atoms with Crippen LogP contribution in [0.15, 0.2) is 18.2 Å². The van der Waals surface area contributed by atoms with E-state index in [4.69, 9.17) is 4.74 Å². The fourth-order valence-corrected chi connectivity index (χ4v) is 7.25. The number of likely N-dealkylation sites (tertiary alicyclic amines) is 1. The third kappa shape index (κ3) is 1.89. The van der Waals surface area contributed by atoms with Gasteiger partial charge < -0.3 is 20.1 Å². The second-order valence-corrected chi connectivity index (χ2v) is 9.90. The molecule has 1 unspecified atom stereocenters. The minimum Gasteiger partial charge on any atom is -0.497 e. The van der Waals surface area contributed by atoms with Crippen molar-refractivity contribution in [2.24, 2.45) is 11.8 Å². The lowest BCUT2D eigenvalue weighted by atomic mass is 9.55. The maximum absolute atomic E-state index is 12.2. The number of nitrogens with zero attached hydrogens (tertiary/aromatic N) is 1. The first-order valence-electron chi connectivity index (χ1n) is 10.4. The van der Waals surface area contributed by atoms with Crippen LogP contribution in [-0.4, -0.2) is 63.8 Å². The van der Waals surface area contributed by atoms with Crippen molar-refractivity contribution in [3.63, 3.8) is 0 Å². The fraction of sp³-hybridized carbons (Fsp3) is 0.727. The van der Waals surface area contributed by atoms with E-state index >= 15 is 0 Å². The molecule has 5 nitrogen and oxygen atoms in total. The fourth-order valence-electron chi connectivity index (χ4n) is 7.25. The number of piperidine rings is 1. The van der Waals surface area contributed by atoms with Crippen LogP contribution in [0.5, 0.6) is 5.75 Å². The molecule has 1 aromatic rings. The summed E-state index contributed by atoms with van der Waals surface area (Å²) in [5.74, 6) is 1.37. The monoisotopic (exact) mass is 371 g/mol. The van der Waals surface area contributed by atoms with Crippen molar-refractivity contribution in [3.8, 4) is 5.75 Å². The van der Waals surface area contributed by atoms with Crippen LogP contribution in [0.25, 0.3) is 0 Å². The molecule has 0 aromatic heterocycles. The van der Waals surface area contributed by atoms with Crippen LogP contribution in [0.2, 0.25) is 0 Å². The predicted octanol–water partition coefficient (Wildman–Crippen LogP) is 1.22. The third-order valence-corrected chi connectivity index (χ3v) is 8.60. The zero-order chi connectivity index (χ0) is 18.6. The van der Waals surface area contributed by atoms with E-state index in [9.17, 15) is 15.3 Å².